The van der Waals surface area contributed by atoms with E-state index < -0.39 is 11.7 Å². The fourth-order valence-corrected chi connectivity index (χ4v) is 3.45. The third-order valence-corrected chi connectivity index (χ3v) is 4.90. The zero-order chi connectivity index (χ0) is 14.9. The van der Waals surface area contributed by atoms with E-state index >= 15 is 0 Å². The maximum Gasteiger partial charge on any atom is 0.417 e. The first-order valence-corrected chi connectivity index (χ1v) is 7.47. The third-order valence-electron chi connectivity index (χ3n) is 4.90. The van der Waals surface area contributed by atoms with Crippen LogP contribution in [0.3, 0.4) is 0 Å². The maximum atomic E-state index is 12.8. The first-order valence-electron chi connectivity index (χ1n) is 7.47. The molecule has 1 spiro atoms. The van der Waals surface area contributed by atoms with E-state index in [2.05, 4.69) is 10.3 Å². The minimum Gasteiger partial charge on any atom is -0.370 e. The molecule has 3 rings (SSSR count). The van der Waals surface area contributed by atoms with E-state index in [1.807, 2.05) is 4.90 Å². The Morgan fingerprint density at radius 2 is 1.68 bits per heavy atom. The van der Waals surface area contributed by atoms with Gasteiger partial charge >= 0.3 is 6.18 Å². The minimum atomic E-state index is -4.32. The van der Waals surface area contributed by atoms with Crippen molar-refractivity contribution in [1.29, 1.82) is 0 Å². The van der Waals surface area contributed by atoms with E-state index in [4.69, 9.17) is 0 Å². The molecule has 1 aromatic rings. The molecule has 0 radical (unpaired) electrons. The highest BCUT2D eigenvalue weighted by molar-refractivity contribution is 5.85. The molecule has 2 fully saturated rings. The van der Waals surface area contributed by atoms with Gasteiger partial charge in [0.2, 0.25) is 0 Å². The highest BCUT2D eigenvalue weighted by Crippen LogP contribution is 2.41. The Balaban J connectivity index is 0.00000176. The van der Waals surface area contributed by atoms with Gasteiger partial charge in [0.25, 0.3) is 0 Å². The van der Waals surface area contributed by atoms with Gasteiger partial charge in [0.1, 0.15) is 0 Å². The topological polar surface area (TPSA) is 28.2 Å². The normalized spacial score (nSPS) is 21.5. The lowest BCUT2D eigenvalue weighted by Gasteiger charge is -2.45. The van der Waals surface area contributed by atoms with Crippen molar-refractivity contribution in [3.63, 3.8) is 0 Å². The van der Waals surface area contributed by atoms with Crippen LogP contribution in [0.4, 0.5) is 18.9 Å². The average molecular weight is 336 g/mol. The zero-order valence-electron chi connectivity index (χ0n) is 12.3. The number of nitrogens with one attached hydrogen (secondary N) is 1. The van der Waals surface area contributed by atoms with E-state index in [0.717, 1.165) is 45.2 Å². The lowest BCUT2D eigenvalue weighted by atomic mass is 9.71. The minimum absolute atomic E-state index is 0. The predicted octanol–water partition coefficient (Wildman–Crippen LogP) is 3.49. The van der Waals surface area contributed by atoms with E-state index in [0.29, 0.717) is 11.1 Å². The second-order valence-electron chi connectivity index (χ2n) is 6.17. The standard InChI is InChI=1S/C15H20F3N3.ClH/c16-15(17,18)12-9-13(11-20-10-12)21-7-3-14(4-8-21)1-5-19-6-2-14;/h9-11,19H,1-8H2;1H. The number of nitrogens with zero attached hydrogens (tertiary/aromatic N) is 2. The maximum absolute atomic E-state index is 12.8. The van der Waals surface area contributed by atoms with Crippen LogP contribution in [0, 0.1) is 5.41 Å². The molecule has 124 valence electrons. The van der Waals surface area contributed by atoms with Crippen molar-refractivity contribution in [3.8, 4) is 0 Å². The number of halogens is 4. The summed E-state index contributed by atoms with van der Waals surface area (Å²) in [5.41, 5.74) is 0.326. The van der Waals surface area contributed by atoms with Crippen LogP contribution < -0.4 is 10.2 Å². The van der Waals surface area contributed by atoms with Crippen LogP contribution in [0.5, 0.6) is 0 Å². The van der Waals surface area contributed by atoms with Crippen LogP contribution in [0.25, 0.3) is 0 Å². The summed E-state index contributed by atoms with van der Waals surface area (Å²) in [6.45, 7) is 3.77. The monoisotopic (exact) mass is 335 g/mol. The Morgan fingerprint density at radius 1 is 1.05 bits per heavy atom. The molecular weight excluding hydrogens is 315 g/mol. The van der Waals surface area contributed by atoms with Gasteiger partial charge in [-0.2, -0.15) is 13.2 Å². The molecule has 0 aromatic carbocycles. The molecule has 1 aromatic heterocycles. The zero-order valence-corrected chi connectivity index (χ0v) is 13.1. The average Bonchev–Trinajstić information content (AvgIpc) is 2.48. The smallest absolute Gasteiger partial charge is 0.370 e. The molecule has 0 saturated carbocycles. The van der Waals surface area contributed by atoms with Gasteiger partial charge in [0.05, 0.1) is 17.4 Å². The summed E-state index contributed by atoms with van der Waals surface area (Å²) in [4.78, 5) is 5.80. The van der Waals surface area contributed by atoms with Crippen molar-refractivity contribution >= 4 is 18.1 Å². The number of hydrogen-bond acceptors (Lipinski definition) is 3. The van der Waals surface area contributed by atoms with Gasteiger partial charge in [-0.25, -0.2) is 0 Å². The van der Waals surface area contributed by atoms with E-state index in [1.165, 1.54) is 25.1 Å². The van der Waals surface area contributed by atoms with Crippen LogP contribution in [0.2, 0.25) is 0 Å². The molecule has 22 heavy (non-hydrogen) atoms. The molecule has 0 aliphatic carbocycles. The number of hydrogen-bond donors (Lipinski definition) is 1. The van der Waals surface area contributed by atoms with Gasteiger partial charge in [-0.05, 0) is 50.3 Å². The molecule has 2 saturated heterocycles. The lowest BCUT2D eigenvalue weighted by molar-refractivity contribution is -0.137. The van der Waals surface area contributed by atoms with Crippen LogP contribution in [0.1, 0.15) is 31.2 Å². The fraction of sp³-hybridized carbons (Fsp3) is 0.667. The van der Waals surface area contributed by atoms with E-state index in [-0.39, 0.29) is 12.4 Å². The molecule has 2 aliphatic heterocycles. The summed E-state index contributed by atoms with van der Waals surface area (Å²) >= 11 is 0. The number of piperidine rings is 2. The molecular formula is C15H21ClF3N3. The summed E-state index contributed by atoms with van der Waals surface area (Å²) in [5.74, 6) is 0. The number of rotatable bonds is 1. The van der Waals surface area contributed by atoms with Gasteiger partial charge in [0, 0.05) is 19.3 Å². The van der Waals surface area contributed by atoms with Gasteiger partial charge < -0.3 is 10.2 Å². The lowest BCUT2D eigenvalue weighted by Crippen LogP contribution is -2.45. The third kappa shape index (κ3) is 3.66. The van der Waals surface area contributed by atoms with E-state index in [9.17, 15) is 13.2 Å². The molecule has 0 unspecified atom stereocenters. The summed E-state index contributed by atoms with van der Waals surface area (Å²) in [6.07, 6.45) is 2.59. The van der Waals surface area contributed by atoms with Crippen LogP contribution >= 0.6 is 12.4 Å². The van der Waals surface area contributed by atoms with Crippen LogP contribution in [-0.4, -0.2) is 31.2 Å². The molecule has 0 atom stereocenters. The summed E-state index contributed by atoms with van der Waals surface area (Å²) in [5, 5.41) is 3.37. The van der Waals surface area contributed by atoms with Crippen molar-refractivity contribution in [3.05, 3.63) is 24.0 Å². The van der Waals surface area contributed by atoms with Gasteiger partial charge in [-0.1, -0.05) is 0 Å². The van der Waals surface area contributed by atoms with Crippen molar-refractivity contribution < 1.29 is 13.2 Å². The first-order chi connectivity index (χ1) is 9.99. The van der Waals surface area contributed by atoms with Gasteiger partial charge in [0.15, 0.2) is 0 Å². The number of anilines is 1. The van der Waals surface area contributed by atoms with Gasteiger partial charge in [-0.15, -0.1) is 12.4 Å². The number of aromatic nitrogens is 1. The highest BCUT2D eigenvalue weighted by Gasteiger charge is 2.36. The summed E-state index contributed by atoms with van der Waals surface area (Å²) in [7, 11) is 0. The first kappa shape index (κ1) is 17.3. The SMILES string of the molecule is Cl.FC(F)(F)c1cncc(N2CCC3(CCNCC3)CC2)c1. The Kier molecular flexibility index (Phi) is 5.22. The molecule has 3 nitrogen and oxygen atoms in total. The molecule has 2 aliphatic rings. The summed E-state index contributed by atoms with van der Waals surface area (Å²) < 4.78 is 38.3. The Bertz CT molecular complexity index is 491. The highest BCUT2D eigenvalue weighted by atomic mass is 35.5. The predicted molar refractivity (Wildman–Crippen MR) is 82.5 cm³/mol. The van der Waals surface area contributed by atoms with E-state index in [1.54, 1.807) is 0 Å². The van der Waals surface area contributed by atoms with Crippen molar-refractivity contribution in [1.82, 2.24) is 10.3 Å². The molecule has 1 N–H and O–H groups in total. The Hall–Kier alpha value is -1.01. The quantitative estimate of drug-likeness (QED) is 0.851. The Morgan fingerprint density at radius 3 is 2.27 bits per heavy atom. The Labute approximate surface area is 134 Å². The number of alkyl halides is 3. The number of pyridine rings is 1. The molecule has 3 heterocycles. The second-order valence-corrected chi connectivity index (χ2v) is 6.17. The van der Waals surface area contributed by atoms with Crippen molar-refractivity contribution in [2.75, 3.05) is 31.1 Å². The van der Waals surface area contributed by atoms with Crippen LogP contribution in [0.15, 0.2) is 18.5 Å². The molecule has 7 heteroatoms. The fourth-order valence-electron chi connectivity index (χ4n) is 3.45. The van der Waals surface area contributed by atoms with Gasteiger partial charge in [-0.3, -0.25) is 4.98 Å². The van der Waals surface area contributed by atoms with Crippen molar-refractivity contribution in [2.45, 2.75) is 31.9 Å². The largest absolute Gasteiger partial charge is 0.417 e. The van der Waals surface area contributed by atoms with Crippen molar-refractivity contribution in [2.24, 2.45) is 5.41 Å². The molecule has 0 bridgehead atoms. The summed E-state index contributed by atoms with van der Waals surface area (Å²) in [6, 6.07) is 1.22. The van der Waals surface area contributed by atoms with Crippen LogP contribution in [-0.2, 0) is 6.18 Å². The molecule has 0 amide bonds. The second kappa shape index (κ2) is 6.62.